The van der Waals surface area contributed by atoms with Gasteiger partial charge in [0.2, 0.25) is 0 Å². The quantitative estimate of drug-likeness (QED) is 0.751. The summed E-state index contributed by atoms with van der Waals surface area (Å²) < 4.78 is 32.5. The van der Waals surface area contributed by atoms with Gasteiger partial charge in [0, 0.05) is 19.7 Å². The van der Waals surface area contributed by atoms with Crippen molar-refractivity contribution in [3.05, 3.63) is 29.3 Å². The lowest BCUT2D eigenvalue weighted by molar-refractivity contribution is 0.152. The number of benzene rings is 1. The Kier molecular flexibility index (Phi) is 3.55. The van der Waals surface area contributed by atoms with Gasteiger partial charge in [-0.15, -0.1) is 0 Å². The van der Waals surface area contributed by atoms with Crippen LogP contribution in [-0.4, -0.2) is 26.3 Å². The third-order valence-corrected chi connectivity index (χ3v) is 2.75. The molecule has 1 aromatic carbocycles. The van der Waals surface area contributed by atoms with Gasteiger partial charge in [-0.25, -0.2) is 8.78 Å². The minimum absolute atomic E-state index is 0.201. The highest BCUT2D eigenvalue weighted by molar-refractivity contribution is 5.52. The Labute approximate surface area is 98.2 Å². The van der Waals surface area contributed by atoms with E-state index in [0.717, 1.165) is 6.42 Å². The molecule has 2 rings (SSSR count). The molecule has 1 fully saturated rings. The van der Waals surface area contributed by atoms with Gasteiger partial charge in [-0.3, -0.25) is 0 Å². The van der Waals surface area contributed by atoms with Gasteiger partial charge >= 0.3 is 0 Å². The van der Waals surface area contributed by atoms with Crippen LogP contribution in [0.25, 0.3) is 0 Å². The molecule has 0 unspecified atom stereocenters. The fourth-order valence-electron chi connectivity index (χ4n) is 1.86. The average Bonchev–Trinajstić information content (AvgIpc) is 2.61. The maximum absolute atomic E-state index is 13.8. The molecule has 0 N–H and O–H groups in total. The summed E-state index contributed by atoms with van der Waals surface area (Å²) in [6.07, 6.45) is 0.779. The molecule has 0 bridgehead atoms. The molecule has 0 aromatic heterocycles. The summed E-state index contributed by atoms with van der Waals surface area (Å²) in [5, 5.41) is 8.60. The van der Waals surface area contributed by atoms with Crippen LogP contribution in [-0.2, 0) is 4.74 Å². The summed E-state index contributed by atoms with van der Waals surface area (Å²) in [7, 11) is 0. The van der Waals surface area contributed by atoms with Crippen LogP contribution >= 0.6 is 0 Å². The van der Waals surface area contributed by atoms with E-state index in [1.165, 1.54) is 12.1 Å². The van der Waals surface area contributed by atoms with E-state index in [2.05, 4.69) is 0 Å². The van der Waals surface area contributed by atoms with Crippen molar-refractivity contribution in [2.24, 2.45) is 0 Å². The van der Waals surface area contributed by atoms with Crippen LogP contribution in [0.4, 0.5) is 14.5 Å². The van der Waals surface area contributed by atoms with Gasteiger partial charge in [0.15, 0.2) is 11.6 Å². The SMILES string of the molecule is N#Cc1ccc(N2CCCOCC2)c(F)c1F. The average molecular weight is 238 g/mol. The van der Waals surface area contributed by atoms with E-state index in [1.807, 2.05) is 0 Å². The van der Waals surface area contributed by atoms with E-state index in [1.54, 1.807) is 11.0 Å². The fraction of sp³-hybridized carbons (Fsp3) is 0.417. The Morgan fingerprint density at radius 3 is 2.76 bits per heavy atom. The molecule has 1 heterocycles. The summed E-state index contributed by atoms with van der Waals surface area (Å²) in [4.78, 5) is 1.74. The van der Waals surface area contributed by atoms with E-state index >= 15 is 0 Å². The third kappa shape index (κ3) is 2.37. The highest BCUT2D eigenvalue weighted by Crippen LogP contribution is 2.24. The number of ether oxygens (including phenoxy) is 1. The highest BCUT2D eigenvalue weighted by atomic mass is 19.2. The molecule has 5 heteroatoms. The van der Waals surface area contributed by atoms with E-state index < -0.39 is 11.6 Å². The summed E-state index contributed by atoms with van der Waals surface area (Å²) in [5.74, 6) is -2.03. The van der Waals surface area contributed by atoms with Crippen molar-refractivity contribution < 1.29 is 13.5 Å². The zero-order valence-corrected chi connectivity index (χ0v) is 9.25. The molecule has 3 nitrogen and oxygen atoms in total. The number of nitrogens with zero attached hydrogens (tertiary/aromatic N) is 2. The predicted molar refractivity (Wildman–Crippen MR) is 58.7 cm³/mol. The molecular formula is C12H12F2N2O. The molecule has 0 aliphatic carbocycles. The van der Waals surface area contributed by atoms with E-state index in [4.69, 9.17) is 10.00 Å². The van der Waals surface area contributed by atoms with Crippen molar-refractivity contribution in [1.29, 1.82) is 5.26 Å². The monoisotopic (exact) mass is 238 g/mol. The molecule has 0 atom stereocenters. The Hall–Kier alpha value is -1.67. The summed E-state index contributed by atoms with van der Waals surface area (Å²) in [6.45, 7) is 2.29. The summed E-state index contributed by atoms with van der Waals surface area (Å²) in [5.41, 5.74) is -0.0654. The van der Waals surface area contributed by atoms with Crippen molar-refractivity contribution in [1.82, 2.24) is 0 Å². The van der Waals surface area contributed by atoms with E-state index in [-0.39, 0.29) is 11.3 Å². The summed E-state index contributed by atoms with van der Waals surface area (Å²) >= 11 is 0. The molecular weight excluding hydrogens is 226 g/mol. The van der Waals surface area contributed by atoms with E-state index in [0.29, 0.717) is 26.3 Å². The van der Waals surface area contributed by atoms with Crippen molar-refractivity contribution >= 4 is 5.69 Å². The number of halogens is 2. The van der Waals surface area contributed by atoms with Gasteiger partial charge in [0.25, 0.3) is 0 Å². The normalized spacial score (nSPS) is 16.4. The molecule has 0 saturated carbocycles. The minimum atomic E-state index is -1.07. The van der Waals surface area contributed by atoms with E-state index in [9.17, 15) is 8.78 Å². The Morgan fingerprint density at radius 1 is 1.18 bits per heavy atom. The second-order valence-corrected chi connectivity index (χ2v) is 3.82. The van der Waals surface area contributed by atoms with Crippen LogP contribution in [0.2, 0.25) is 0 Å². The van der Waals surface area contributed by atoms with Crippen molar-refractivity contribution in [2.75, 3.05) is 31.2 Å². The lowest BCUT2D eigenvalue weighted by Gasteiger charge is -2.22. The first-order valence-corrected chi connectivity index (χ1v) is 5.45. The largest absolute Gasteiger partial charge is 0.380 e. The Morgan fingerprint density at radius 2 is 2.00 bits per heavy atom. The molecule has 0 spiro atoms. The Balaban J connectivity index is 2.32. The number of hydrogen-bond acceptors (Lipinski definition) is 3. The van der Waals surface area contributed by atoms with Crippen LogP contribution in [0.5, 0.6) is 0 Å². The van der Waals surface area contributed by atoms with Gasteiger partial charge in [-0.05, 0) is 18.6 Å². The number of anilines is 1. The Bertz CT molecular complexity index is 449. The first-order chi connectivity index (χ1) is 8.24. The molecule has 1 aromatic rings. The van der Waals surface area contributed by atoms with Crippen molar-refractivity contribution in [2.45, 2.75) is 6.42 Å². The zero-order valence-electron chi connectivity index (χ0n) is 9.25. The lowest BCUT2D eigenvalue weighted by Crippen LogP contribution is -2.27. The standard InChI is InChI=1S/C12H12F2N2O/c13-11-9(8-15)2-3-10(12(11)14)16-4-1-6-17-7-5-16/h2-3H,1,4-7H2. The molecule has 0 radical (unpaired) electrons. The molecule has 0 amide bonds. The lowest BCUT2D eigenvalue weighted by atomic mass is 10.1. The van der Waals surface area contributed by atoms with Gasteiger partial charge in [0.1, 0.15) is 6.07 Å². The second kappa shape index (κ2) is 5.11. The topological polar surface area (TPSA) is 36.3 Å². The zero-order chi connectivity index (χ0) is 12.3. The second-order valence-electron chi connectivity index (χ2n) is 3.82. The van der Waals surface area contributed by atoms with Crippen LogP contribution in [0.1, 0.15) is 12.0 Å². The first kappa shape index (κ1) is 11.8. The van der Waals surface area contributed by atoms with Gasteiger partial charge in [-0.2, -0.15) is 5.26 Å². The number of hydrogen-bond donors (Lipinski definition) is 0. The molecule has 1 aliphatic heterocycles. The smallest absolute Gasteiger partial charge is 0.183 e. The maximum atomic E-state index is 13.8. The summed E-state index contributed by atoms with van der Waals surface area (Å²) in [6, 6.07) is 4.37. The molecule has 90 valence electrons. The predicted octanol–water partition coefficient (Wildman–Crippen LogP) is 2.06. The molecule has 17 heavy (non-hydrogen) atoms. The van der Waals surface area contributed by atoms with Gasteiger partial charge in [0.05, 0.1) is 17.9 Å². The van der Waals surface area contributed by atoms with Gasteiger partial charge in [-0.1, -0.05) is 0 Å². The number of nitriles is 1. The van der Waals surface area contributed by atoms with Gasteiger partial charge < -0.3 is 9.64 Å². The number of rotatable bonds is 1. The van der Waals surface area contributed by atoms with Crippen molar-refractivity contribution in [3.8, 4) is 6.07 Å². The molecule has 1 aliphatic rings. The molecule has 1 saturated heterocycles. The maximum Gasteiger partial charge on any atom is 0.183 e. The van der Waals surface area contributed by atoms with Crippen molar-refractivity contribution in [3.63, 3.8) is 0 Å². The van der Waals surface area contributed by atoms with Crippen LogP contribution in [0, 0.1) is 23.0 Å². The third-order valence-electron chi connectivity index (χ3n) is 2.75. The highest BCUT2D eigenvalue weighted by Gasteiger charge is 2.19. The minimum Gasteiger partial charge on any atom is -0.380 e. The van der Waals surface area contributed by atoms with Crippen LogP contribution in [0.3, 0.4) is 0 Å². The van der Waals surface area contributed by atoms with Crippen LogP contribution in [0.15, 0.2) is 12.1 Å². The first-order valence-electron chi connectivity index (χ1n) is 5.45. The van der Waals surface area contributed by atoms with Crippen LogP contribution < -0.4 is 4.90 Å². The fourth-order valence-corrected chi connectivity index (χ4v) is 1.86.